The van der Waals surface area contributed by atoms with Gasteiger partial charge in [0.2, 0.25) is 5.91 Å². The van der Waals surface area contributed by atoms with Gasteiger partial charge in [-0.3, -0.25) is 14.5 Å². The number of hydrogen-bond acceptors (Lipinski definition) is 6. The fraction of sp³-hybridized carbons (Fsp3) is 0.515. The Bertz CT molecular complexity index is 1520. The highest BCUT2D eigenvalue weighted by Gasteiger charge is 2.75. The van der Waals surface area contributed by atoms with E-state index in [0.717, 1.165) is 36.3 Å². The van der Waals surface area contributed by atoms with Gasteiger partial charge in [0.1, 0.15) is 11.7 Å². The van der Waals surface area contributed by atoms with Crippen LogP contribution in [0.15, 0.2) is 42.5 Å². The van der Waals surface area contributed by atoms with Crippen LogP contribution in [0.3, 0.4) is 0 Å². The third kappa shape index (κ3) is 4.27. The van der Waals surface area contributed by atoms with Crippen molar-refractivity contribution >= 4 is 18.0 Å². The van der Waals surface area contributed by atoms with Gasteiger partial charge in [-0.15, -0.1) is 0 Å². The van der Waals surface area contributed by atoms with Crippen molar-refractivity contribution in [3.8, 4) is 11.5 Å². The predicted octanol–water partition coefficient (Wildman–Crippen LogP) is 5.09. The minimum atomic E-state index is -4.48. The van der Waals surface area contributed by atoms with Gasteiger partial charge in [-0.2, -0.15) is 13.2 Å². The van der Waals surface area contributed by atoms with Crippen molar-refractivity contribution in [2.75, 3.05) is 20.1 Å². The topological polar surface area (TPSA) is 79.3 Å². The zero-order chi connectivity index (χ0) is 30.3. The Morgan fingerprint density at radius 2 is 1.98 bits per heavy atom. The second kappa shape index (κ2) is 9.74. The molecule has 3 fully saturated rings. The Hall–Kier alpha value is -3.53. The summed E-state index contributed by atoms with van der Waals surface area (Å²) in [5, 5.41) is 11.0. The van der Waals surface area contributed by atoms with Gasteiger partial charge in [0.25, 0.3) is 0 Å². The average Bonchev–Trinajstić information content (AvgIpc) is 3.70. The van der Waals surface area contributed by atoms with Gasteiger partial charge in [0.05, 0.1) is 23.1 Å². The quantitative estimate of drug-likeness (QED) is 0.370. The summed E-state index contributed by atoms with van der Waals surface area (Å²) in [6.45, 7) is 3.19. The van der Waals surface area contributed by atoms with Crippen LogP contribution in [0.2, 0.25) is 0 Å². The van der Waals surface area contributed by atoms with Crippen LogP contribution in [0.4, 0.5) is 13.2 Å². The number of piperidine rings is 1. The number of nitrogens with zero attached hydrogens (tertiary/aromatic N) is 2. The molecule has 2 aromatic rings. The summed E-state index contributed by atoms with van der Waals surface area (Å²) >= 11 is 0. The van der Waals surface area contributed by atoms with Gasteiger partial charge < -0.3 is 19.5 Å². The molecule has 5 atom stereocenters. The fourth-order valence-corrected chi connectivity index (χ4v) is 8.55. The van der Waals surface area contributed by atoms with E-state index < -0.39 is 34.9 Å². The molecule has 2 aliphatic heterocycles. The second-order valence-corrected chi connectivity index (χ2v) is 12.9. The van der Waals surface area contributed by atoms with Gasteiger partial charge in [-0.05, 0) is 86.4 Å². The molecule has 2 bridgehead atoms. The molecule has 228 valence electrons. The van der Waals surface area contributed by atoms with E-state index in [-0.39, 0.29) is 29.2 Å². The van der Waals surface area contributed by atoms with Crippen LogP contribution in [0.25, 0.3) is 6.08 Å². The smallest absolute Gasteiger partial charge is 0.416 e. The number of ether oxygens (including phenoxy) is 2. The number of phenols is 1. The van der Waals surface area contributed by atoms with Crippen molar-refractivity contribution in [1.29, 1.82) is 0 Å². The maximum atomic E-state index is 13.5. The van der Waals surface area contributed by atoms with Crippen LogP contribution in [-0.4, -0.2) is 70.7 Å². The maximum Gasteiger partial charge on any atom is 0.416 e. The molecule has 2 aromatic carbocycles. The summed E-state index contributed by atoms with van der Waals surface area (Å²) in [7, 11) is 1.68. The molecule has 0 aromatic heterocycles. The molecule has 0 radical (unpaired) electrons. The van der Waals surface area contributed by atoms with Crippen molar-refractivity contribution in [1.82, 2.24) is 9.80 Å². The first kappa shape index (κ1) is 28.3. The number of likely N-dealkylation sites (tertiary alicyclic amines) is 1. The maximum absolute atomic E-state index is 13.5. The Kier molecular flexibility index (Phi) is 6.40. The molecule has 43 heavy (non-hydrogen) atoms. The van der Waals surface area contributed by atoms with Crippen LogP contribution < -0.4 is 4.74 Å². The molecule has 1 saturated heterocycles. The average molecular weight is 597 g/mol. The number of phenolic OH excluding ortho intramolecular Hbond substituents is 1. The second-order valence-electron chi connectivity index (χ2n) is 12.9. The lowest BCUT2D eigenvalue weighted by atomic mass is 9.48. The van der Waals surface area contributed by atoms with Crippen LogP contribution in [-0.2, 0) is 32.3 Å². The Balaban J connectivity index is 1.25. The summed E-state index contributed by atoms with van der Waals surface area (Å²) in [6.07, 6.45) is 2.37. The molecule has 3 aliphatic carbocycles. The van der Waals surface area contributed by atoms with E-state index in [9.17, 15) is 27.9 Å². The summed E-state index contributed by atoms with van der Waals surface area (Å²) < 4.78 is 52.7. The fourth-order valence-electron chi connectivity index (χ4n) is 8.55. The summed E-state index contributed by atoms with van der Waals surface area (Å²) in [6, 6.07) is 7.97. The molecule has 5 aliphatic rings. The van der Waals surface area contributed by atoms with E-state index in [4.69, 9.17) is 9.47 Å². The number of esters is 1. The number of carbonyl (C=O) groups is 2. The Morgan fingerprint density at radius 3 is 2.70 bits per heavy atom. The molecule has 1 amide bonds. The van der Waals surface area contributed by atoms with Gasteiger partial charge in [-0.1, -0.05) is 18.2 Å². The minimum absolute atomic E-state index is 0.0234. The number of carbonyl (C=O) groups excluding carboxylic acids is 2. The third-order valence-electron chi connectivity index (χ3n) is 10.5. The number of aromatic hydroxyl groups is 1. The Labute approximate surface area is 248 Å². The van der Waals surface area contributed by atoms with E-state index in [2.05, 4.69) is 4.90 Å². The number of benzene rings is 2. The number of hydrogen-bond donors (Lipinski definition) is 1. The highest BCUT2D eigenvalue weighted by Crippen LogP contribution is 2.67. The lowest BCUT2D eigenvalue weighted by molar-refractivity contribution is -0.223. The monoisotopic (exact) mass is 596 g/mol. The molecule has 2 unspecified atom stereocenters. The van der Waals surface area contributed by atoms with Crippen LogP contribution >= 0.6 is 0 Å². The minimum Gasteiger partial charge on any atom is -0.504 e. The molecule has 1 N–H and O–H groups in total. The van der Waals surface area contributed by atoms with Gasteiger partial charge >= 0.3 is 12.1 Å². The van der Waals surface area contributed by atoms with Gasteiger partial charge in [0, 0.05) is 32.2 Å². The van der Waals surface area contributed by atoms with Crippen LogP contribution in [0.5, 0.6) is 11.5 Å². The van der Waals surface area contributed by atoms with Crippen molar-refractivity contribution in [2.45, 2.75) is 80.8 Å². The van der Waals surface area contributed by atoms with Crippen LogP contribution in [0.1, 0.15) is 61.3 Å². The summed E-state index contributed by atoms with van der Waals surface area (Å²) in [5.74, 6) is 0.344. The van der Waals surface area contributed by atoms with Crippen molar-refractivity contribution in [3.05, 3.63) is 64.7 Å². The van der Waals surface area contributed by atoms with E-state index in [1.165, 1.54) is 44.1 Å². The SMILES string of the molecule is CC(=O)O[C@@]12CCC(N(C)C(=O)/C=C/c3cccc(C(F)(F)F)c3)C3Oc4c(O)ccc5c4[C@@]31CCN(CC1CC1)[C@@H]2C5. The lowest BCUT2D eigenvalue weighted by Gasteiger charge is -2.65. The number of likely N-dealkylation sites (N-methyl/N-ethyl adjacent to an activating group) is 1. The zero-order valence-corrected chi connectivity index (χ0v) is 24.2. The first-order valence-corrected chi connectivity index (χ1v) is 15.0. The molecule has 10 heteroatoms. The normalized spacial score (nSPS) is 31.0. The highest BCUT2D eigenvalue weighted by molar-refractivity contribution is 5.92. The molecule has 2 saturated carbocycles. The number of rotatable bonds is 6. The number of halogens is 3. The molecule has 7 rings (SSSR count). The molecule has 2 heterocycles. The predicted molar refractivity (Wildman–Crippen MR) is 151 cm³/mol. The van der Waals surface area contributed by atoms with Crippen molar-refractivity contribution in [3.63, 3.8) is 0 Å². The third-order valence-corrected chi connectivity index (χ3v) is 10.5. The molecule has 1 spiro atoms. The van der Waals surface area contributed by atoms with E-state index in [1.807, 2.05) is 6.07 Å². The Morgan fingerprint density at radius 1 is 1.19 bits per heavy atom. The molecule has 7 nitrogen and oxygen atoms in total. The standard InChI is InChI=1S/C33H35F3N2O5/c1-19(39)43-32-13-12-24(37(2)27(41)11-8-20-4-3-5-23(16-20)33(34,35)36)30-31(32)14-15-38(18-21-6-7-21)26(32)17-22-9-10-25(40)29(42-30)28(22)31/h3-5,8-11,16,21,24,26,30,40H,6-7,12-15,17-18H2,1-2H3/b11-8+/t24?,26-,30?,31+,32-/m1/s1. The first-order chi connectivity index (χ1) is 20.4. The molecular weight excluding hydrogens is 561 g/mol. The summed E-state index contributed by atoms with van der Waals surface area (Å²) in [4.78, 5) is 30.4. The van der Waals surface area contributed by atoms with E-state index in [1.54, 1.807) is 18.0 Å². The lowest BCUT2D eigenvalue weighted by Crippen LogP contribution is -2.79. The van der Waals surface area contributed by atoms with E-state index >= 15 is 0 Å². The highest BCUT2D eigenvalue weighted by atomic mass is 19.4. The van der Waals surface area contributed by atoms with E-state index in [0.29, 0.717) is 37.4 Å². The van der Waals surface area contributed by atoms with Crippen molar-refractivity contribution in [2.24, 2.45) is 5.92 Å². The number of alkyl halides is 3. The van der Waals surface area contributed by atoms with Gasteiger partial charge in [0.15, 0.2) is 11.5 Å². The first-order valence-electron chi connectivity index (χ1n) is 15.0. The summed E-state index contributed by atoms with van der Waals surface area (Å²) in [5.41, 5.74) is -0.181. The zero-order valence-electron chi connectivity index (χ0n) is 24.2. The van der Waals surface area contributed by atoms with Gasteiger partial charge in [-0.25, -0.2) is 0 Å². The van der Waals surface area contributed by atoms with Crippen molar-refractivity contribution < 1.29 is 37.3 Å². The van der Waals surface area contributed by atoms with Crippen LogP contribution in [0, 0.1) is 5.92 Å². The molecular formula is C33H35F3N2O5. The largest absolute Gasteiger partial charge is 0.504 e. The number of amides is 1.